The Morgan fingerprint density at radius 1 is 0.405 bits per heavy atom. The molecule has 6 rings (SSSR count). The number of rotatable bonds is 6. The molecule has 209 valence electrons. The molecule has 0 atom stereocenters. The van der Waals surface area contributed by atoms with Crippen LogP contribution in [0.3, 0.4) is 0 Å². The Hall–Kier alpha value is -3.77. The molecule has 0 amide bonds. The minimum absolute atomic E-state index is 0. The molecule has 0 unspecified atom stereocenters. The first-order valence-electron chi connectivity index (χ1n) is 13.5. The van der Waals surface area contributed by atoms with Gasteiger partial charge in [-0.25, -0.2) is 0 Å². The van der Waals surface area contributed by atoms with Crippen LogP contribution < -0.4 is 0 Å². The van der Waals surface area contributed by atoms with Gasteiger partial charge in [0, 0.05) is 16.5 Å². The van der Waals surface area contributed by atoms with Crippen LogP contribution in [0.25, 0.3) is 33.4 Å². The predicted molar refractivity (Wildman–Crippen MR) is 183 cm³/mol. The van der Waals surface area contributed by atoms with Crippen molar-refractivity contribution in [3.8, 4) is 44.9 Å². The van der Waals surface area contributed by atoms with Crippen LogP contribution in [-0.2, 0) is 5.41 Å². The van der Waals surface area contributed by atoms with Crippen LogP contribution in [-0.4, -0.2) is 36.4 Å². The number of phenols is 2. The summed E-state index contributed by atoms with van der Waals surface area (Å²) in [5.41, 5.74) is 8.42. The van der Waals surface area contributed by atoms with Crippen LogP contribution in [0.5, 0.6) is 11.5 Å². The minimum atomic E-state index is -0.580. The average Bonchev–Trinajstić information content (AvgIpc) is 3.02. The summed E-state index contributed by atoms with van der Waals surface area (Å²) in [6, 6.07) is 50.8. The second-order valence-corrected chi connectivity index (χ2v) is 10.3. The van der Waals surface area contributed by atoms with Crippen LogP contribution in [0.1, 0.15) is 23.6 Å². The molecule has 6 aromatic rings. The predicted octanol–water partition coefficient (Wildman–Crippen LogP) is 8.86. The third kappa shape index (κ3) is 6.05. The van der Waals surface area contributed by atoms with E-state index in [0.29, 0.717) is 0 Å². The Bertz CT molecular complexity index is 1660. The molecule has 0 aliphatic carbocycles. The summed E-state index contributed by atoms with van der Waals surface area (Å²) in [5, 5.41) is 21.7. The molecular formula is C38H34BiO2P-. The third-order valence-corrected chi connectivity index (χ3v) is 7.89. The van der Waals surface area contributed by atoms with Gasteiger partial charge in [0.05, 0.1) is 0 Å². The van der Waals surface area contributed by atoms with Gasteiger partial charge in [0.15, 0.2) is 0 Å². The van der Waals surface area contributed by atoms with E-state index in [-0.39, 0.29) is 47.6 Å². The summed E-state index contributed by atoms with van der Waals surface area (Å²) in [4.78, 5) is 0. The van der Waals surface area contributed by atoms with E-state index in [9.17, 15) is 10.2 Å². The Morgan fingerprint density at radius 3 is 1.14 bits per heavy atom. The molecule has 0 aliphatic heterocycles. The van der Waals surface area contributed by atoms with Gasteiger partial charge in [-0.1, -0.05) is 127 Å². The van der Waals surface area contributed by atoms with E-state index in [2.05, 4.69) is 67.6 Å². The van der Waals surface area contributed by atoms with Gasteiger partial charge < -0.3 is 20.1 Å². The van der Waals surface area contributed by atoms with Crippen molar-refractivity contribution in [2.75, 3.05) is 0 Å². The fourth-order valence-corrected chi connectivity index (χ4v) is 5.52. The SMILES string of the molecule is CC(c1ccc(-c2ccccc2)cc1)(c1ccc(O)c(-c2ccccc2)c1)c1ccc(O)c(-c2ccccc2)c1.[BiH2].[PH2-]. The first-order valence-corrected chi connectivity index (χ1v) is 13.5. The molecule has 6 aromatic carbocycles. The summed E-state index contributed by atoms with van der Waals surface area (Å²) in [7, 11) is 0. The Kier molecular flexibility index (Phi) is 10.0. The van der Waals surface area contributed by atoms with Gasteiger partial charge in [-0.05, 0) is 70.1 Å². The van der Waals surface area contributed by atoms with Crippen molar-refractivity contribution in [2.45, 2.75) is 12.3 Å². The largest absolute Gasteiger partial charge is 0.577 e. The average molecular weight is 763 g/mol. The van der Waals surface area contributed by atoms with Gasteiger partial charge in [-0.3, -0.25) is 0 Å². The molecule has 0 spiro atoms. The number of aromatic hydroxyl groups is 2. The Labute approximate surface area is 270 Å². The van der Waals surface area contributed by atoms with Gasteiger partial charge in [-0.15, -0.1) is 0 Å². The number of benzene rings is 6. The molecular weight excluding hydrogens is 728 g/mol. The van der Waals surface area contributed by atoms with Crippen molar-refractivity contribution in [3.05, 3.63) is 168 Å². The van der Waals surface area contributed by atoms with Crippen LogP contribution in [0.2, 0.25) is 0 Å². The van der Waals surface area contributed by atoms with E-state index in [4.69, 9.17) is 0 Å². The summed E-state index contributed by atoms with van der Waals surface area (Å²) >= 11 is 0. The first-order chi connectivity index (χ1) is 19.5. The van der Waals surface area contributed by atoms with Crippen molar-refractivity contribution in [2.24, 2.45) is 0 Å². The monoisotopic (exact) mass is 762 g/mol. The van der Waals surface area contributed by atoms with Crippen molar-refractivity contribution < 1.29 is 10.2 Å². The minimum Gasteiger partial charge on any atom is -0.577 e. The van der Waals surface area contributed by atoms with Crippen molar-refractivity contribution in [1.82, 2.24) is 0 Å². The smallest absolute Gasteiger partial charge is 0.577 e. The molecule has 4 heteroatoms. The normalized spacial score (nSPS) is 10.8. The fraction of sp³-hybridized carbons (Fsp3) is 0.0526. The summed E-state index contributed by atoms with van der Waals surface area (Å²) in [6.07, 6.45) is 0. The van der Waals surface area contributed by atoms with Gasteiger partial charge in [0.25, 0.3) is 0 Å². The van der Waals surface area contributed by atoms with Crippen LogP contribution >= 0.6 is 9.90 Å². The summed E-state index contributed by atoms with van der Waals surface area (Å²) in [5.74, 6) is 0.486. The zero-order chi connectivity index (χ0) is 27.5. The van der Waals surface area contributed by atoms with Gasteiger partial charge in [-0.2, -0.15) is 0 Å². The Balaban J connectivity index is 0.00000202. The second kappa shape index (κ2) is 13.5. The maximum atomic E-state index is 10.9. The molecule has 0 saturated heterocycles. The van der Waals surface area contributed by atoms with Crippen molar-refractivity contribution in [3.63, 3.8) is 0 Å². The zero-order valence-electron chi connectivity index (χ0n) is 23.5. The topological polar surface area (TPSA) is 40.5 Å². The van der Waals surface area contributed by atoms with E-state index in [1.54, 1.807) is 12.1 Å². The molecule has 0 bridgehead atoms. The van der Waals surface area contributed by atoms with E-state index >= 15 is 0 Å². The molecule has 2 N–H and O–H groups in total. The summed E-state index contributed by atoms with van der Waals surface area (Å²) < 4.78 is 0. The van der Waals surface area contributed by atoms with Crippen LogP contribution in [0, 0.1) is 0 Å². The van der Waals surface area contributed by atoms with Crippen molar-refractivity contribution >= 4 is 36.1 Å². The van der Waals surface area contributed by atoms with E-state index in [0.717, 1.165) is 44.5 Å². The quantitative estimate of drug-likeness (QED) is 0.101. The maximum absolute atomic E-state index is 10.9. The third-order valence-electron chi connectivity index (χ3n) is 7.89. The Morgan fingerprint density at radius 2 is 0.738 bits per heavy atom. The standard InChI is InChI=1S/C38H30O2.Bi.H2P.2H/c1-38(31-19-17-28(18-20-31)27-11-5-2-6-12-27,32-21-23-36(39)34(25-32)29-13-7-3-8-14-29)33-22-24-37(40)35(26-33)30-15-9-4-10-16-30;;;;/h2-26,39-40H,1H3;;1H2;;/q;;-1;;. The van der Waals surface area contributed by atoms with E-state index in [1.807, 2.05) is 78.9 Å². The summed E-state index contributed by atoms with van der Waals surface area (Å²) in [6.45, 7) is 2.22. The number of hydrogen-bond acceptors (Lipinski definition) is 2. The van der Waals surface area contributed by atoms with Gasteiger partial charge in [0.1, 0.15) is 11.5 Å². The van der Waals surface area contributed by atoms with Crippen LogP contribution in [0.4, 0.5) is 0 Å². The second-order valence-electron chi connectivity index (χ2n) is 10.3. The number of hydrogen-bond donors (Lipinski definition) is 2. The molecule has 0 saturated carbocycles. The zero-order valence-corrected chi connectivity index (χ0v) is 29.1. The fourth-order valence-electron chi connectivity index (χ4n) is 5.52. The molecule has 42 heavy (non-hydrogen) atoms. The molecule has 1 radical (unpaired) electrons. The van der Waals surface area contributed by atoms with E-state index < -0.39 is 5.41 Å². The van der Waals surface area contributed by atoms with E-state index in [1.165, 1.54) is 5.56 Å². The first kappa shape index (κ1) is 31.2. The molecule has 0 fully saturated rings. The number of phenolic OH excluding ortho intramolecular Hbond substituents is 2. The van der Waals surface area contributed by atoms with Gasteiger partial charge in [0.2, 0.25) is 0 Å². The molecule has 0 aliphatic rings. The maximum Gasteiger partial charge on any atom is -0.577 e. The molecule has 0 heterocycles. The molecule has 2 nitrogen and oxygen atoms in total. The molecule has 0 aromatic heterocycles. The van der Waals surface area contributed by atoms with Crippen molar-refractivity contribution in [1.29, 1.82) is 0 Å². The van der Waals surface area contributed by atoms with Crippen LogP contribution in [0.15, 0.2) is 152 Å². The van der Waals surface area contributed by atoms with Gasteiger partial charge >= 0.3 is 26.2 Å².